The highest BCUT2D eigenvalue weighted by Gasteiger charge is 2.43. The van der Waals surface area contributed by atoms with Gasteiger partial charge in [-0.1, -0.05) is 32.1 Å². The van der Waals surface area contributed by atoms with E-state index in [4.69, 9.17) is 5.41 Å². The number of nitrogens with zero attached hydrogens (tertiary/aromatic N) is 1. The Morgan fingerprint density at radius 2 is 2.06 bits per heavy atom. The van der Waals surface area contributed by atoms with Crippen molar-refractivity contribution in [2.24, 2.45) is 5.92 Å². The molecular weight excluding hydrogens is 214 g/mol. The molecule has 0 spiro atoms. The van der Waals surface area contributed by atoms with Gasteiger partial charge in [0, 0.05) is 7.05 Å². The molecule has 1 aliphatic heterocycles. The molecule has 0 unspecified atom stereocenters. The van der Waals surface area contributed by atoms with Crippen LogP contribution in [0, 0.1) is 11.3 Å². The van der Waals surface area contributed by atoms with Crippen LogP contribution in [-0.2, 0) is 4.79 Å². The fourth-order valence-electron chi connectivity index (χ4n) is 3.01. The van der Waals surface area contributed by atoms with Crippen LogP contribution in [0.5, 0.6) is 0 Å². The Bertz CT molecular complexity index is 323. The van der Waals surface area contributed by atoms with Crippen LogP contribution in [0.3, 0.4) is 0 Å². The van der Waals surface area contributed by atoms with Gasteiger partial charge in [-0.25, -0.2) is 0 Å². The minimum atomic E-state index is -0.538. The first-order chi connectivity index (χ1) is 8.03. The number of hydrogen-bond donors (Lipinski definition) is 2. The van der Waals surface area contributed by atoms with Gasteiger partial charge in [-0.15, -0.1) is 0 Å². The molecule has 4 nitrogen and oxygen atoms in total. The van der Waals surface area contributed by atoms with Gasteiger partial charge in [-0.05, 0) is 25.7 Å². The third kappa shape index (κ3) is 2.45. The quantitative estimate of drug-likeness (QED) is 0.789. The van der Waals surface area contributed by atoms with Crippen LogP contribution in [0.2, 0.25) is 0 Å². The summed E-state index contributed by atoms with van der Waals surface area (Å²) in [5.41, 5.74) is -0.538. The molecule has 2 N–H and O–H groups in total. The van der Waals surface area contributed by atoms with Crippen molar-refractivity contribution < 1.29 is 4.79 Å². The Hall–Kier alpha value is -1.06. The number of carbonyl (C=O) groups excluding carboxylic acids is 1. The van der Waals surface area contributed by atoms with Crippen LogP contribution in [-0.4, -0.2) is 29.4 Å². The molecule has 1 saturated carbocycles. The lowest BCUT2D eigenvalue weighted by molar-refractivity contribution is -0.130. The first-order valence-corrected chi connectivity index (χ1v) is 6.68. The molecule has 2 aliphatic rings. The molecule has 1 saturated heterocycles. The van der Waals surface area contributed by atoms with Gasteiger partial charge in [0.2, 0.25) is 0 Å². The van der Waals surface area contributed by atoms with Crippen molar-refractivity contribution in [3.8, 4) is 0 Å². The van der Waals surface area contributed by atoms with Gasteiger partial charge < -0.3 is 5.32 Å². The molecule has 1 amide bonds. The maximum Gasteiger partial charge on any atom is 0.254 e. The van der Waals surface area contributed by atoms with E-state index in [1.54, 1.807) is 7.05 Å². The molecule has 2 rings (SSSR count). The zero-order valence-electron chi connectivity index (χ0n) is 10.9. The summed E-state index contributed by atoms with van der Waals surface area (Å²) in [5.74, 6) is 1.06. The van der Waals surface area contributed by atoms with Gasteiger partial charge in [0.05, 0.1) is 0 Å². The van der Waals surface area contributed by atoms with E-state index in [-0.39, 0.29) is 11.9 Å². The lowest BCUT2D eigenvalue weighted by Gasteiger charge is -2.26. The second kappa shape index (κ2) is 4.67. The molecule has 0 aromatic carbocycles. The lowest BCUT2D eigenvalue weighted by atomic mass is 9.82. The summed E-state index contributed by atoms with van der Waals surface area (Å²) in [5, 5.41) is 10.7. The summed E-state index contributed by atoms with van der Waals surface area (Å²) in [4.78, 5) is 13.5. The first kappa shape index (κ1) is 12.4. The second-order valence-corrected chi connectivity index (χ2v) is 5.71. The molecule has 2 fully saturated rings. The van der Waals surface area contributed by atoms with Crippen LogP contribution >= 0.6 is 0 Å². The Labute approximate surface area is 103 Å². The predicted molar refractivity (Wildman–Crippen MR) is 67.8 cm³/mol. The fourth-order valence-corrected chi connectivity index (χ4v) is 3.01. The van der Waals surface area contributed by atoms with Crippen LogP contribution in [0.4, 0.5) is 0 Å². The van der Waals surface area contributed by atoms with Crippen molar-refractivity contribution in [2.45, 2.75) is 57.4 Å². The van der Waals surface area contributed by atoms with Crippen LogP contribution in [0.15, 0.2) is 0 Å². The SMILES string of the molecule is CN1C(=N)N[C@@](C)(CCC2CCCCC2)C1=O. The zero-order valence-corrected chi connectivity index (χ0v) is 10.9. The smallest absolute Gasteiger partial charge is 0.254 e. The Morgan fingerprint density at radius 3 is 2.59 bits per heavy atom. The molecule has 0 aromatic heterocycles. The van der Waals surface area contributed by atoms with Crippen LogP contribution < -0.4 is 5.32 Å². The van der Waals surface area contributed by atoms with Crippen molar-refractivity contribution in [3.63, 3.8) is 0 Å². The van der Waals surface area contributed by atoms with Crippen LogP contribution in [0.25, 0.3) is 0 Å². The minimum Gasteiger partial charge on any atom is -0.342 e. The Morgan fingerprint density at radius 1 is 1.41 bits per heavy atom. The second-order valence-electron chi connectivity index (χ2n) is 5.71. The van der Waals surface area contributed by atoms with Gasteiger partial charge in [0.25, 0.3) is 5.91 Å². The number of amides is 1. The molecule has 0 bridgehead atoms. The molecule has 4 heteroatoms. The van der Waals surface area contributed by atoms with Gasteiger partial charge >= 0.3 is 0 Å². The average molecular weight is 237 g/mol. The molecule has 17 heavy (non-hydrogen) atoms. The van der Waals surface area contributed by atoms with E-state index in [1.807, 2.05) is 6.92 Å². The monoisotopic (exact) mass is 237 g/mol. The molecule has 1 atom stereocenters. The van der Waals surface area contributed by atoms with Crippen molar-refractivity contribution >= 4 is 11.9 Å². The van der Waals surface area contributed by atoms with E-state index in [0.717, 1.165) is 18.8 Å². The molecular formula is C13H23N3O. The first-order valence-electron chi connectivity index (χ1n) is 6.68. The minimum absolute atomic E-state index is 0.0401. The third-order valence-electron chi connectivity index (χ3n) is 4.28. The molecule has 1 aliphatic carbocycles. The summed E-state index contributed by atoms with van der Waals surface area (Å²) in [6.07, 6.45) is 8.66. The topological polar surface area (TPSA) is 56.2 Å². The largest absolute Gasteiger partial charge is 0.342 e. The standard InChI is InChI=1S/C13H23N3O/c1-13(11(17)16(2)12(14)15-13)9-8-10-6-4-3-5-7-10/h10H,3-9H2,1-2H3,(H2,14,15)/t13-/m0/s1. The van der Waals surface area contributed by atoms with E-state index in [2.05, 4.69) is 5.32 Å². The molecule has 0 radical (unpaired) electrons. The maximum atomic E-state index is 12.0. The predicted octanol–water partition coefficient (Wildman–Crippen LogP) is 2.10. The highest BCUT2D eigenvalue weighted by atomic mass is 16.2. The highest BCUT2D eigenvalue weighted by molar-refractivity contribution is 6.07. The summed E-state index contributed by atoms with van der Waals surface area (Å²) in [7, 11) is 1.67. The number of hydrogen-bond acceptors (Lipinski definition) is 2. The summed E-state index contributed by atoms with van der Waals surface area (Å²) >= 11 is 0. The molecule has 0 aromatic rings. The summed E-state index contributed by atoms with van der Waals surface area (Å²) in [6, 6.07) is 0. The van der Waals surface area contributed by atoms with E-state index >= 15 is 0 Å². The van der Waals surface area contributed by atoms with Crippen molar-refractivity contribution in [1.82, 2.24) is 10.2 Å². The number of guanidine groups is 1. The zero-order chi connectivity index (χ0) is 12.5. The van der Waals surface area contributed by atoms with Crippen molar-refractivity contribution in [1.29, 1.82) is 5.41 Å². The number of likely N-dealkylation sites (N-methyl/N-ethyl adjacent to an activating group) is 1. The van der Waals surface area contributed by atoms with Gasteiger partial charge in [-0.2, -0.15) is 0 Å². The summed E-state index contributed by atoms with van der Waals surface area (Å²) in [6.45, 7) is 1.93. The Balaban J connectivity index is 1.89. The lowest BCUT2D eigenvalue weighted by Crippen LogP contribution is -2.44. The third-order valence-corrected chi connectivity index (χ3v) is 4.28. The van der Waals surface area contributed by atoms with E-state index < -0.39 is 5.54 Å². The molecule has 96 valence electrons. The number of nitrogens with one attached hydrogen (secondary N) is 2. The van der Waals surface area contributed by atoms with Gasteiger partial charge in [0.1, 0.15) is 5.54 Å². The summed E-state index contributed by atoms with van der Waals surface area (Å²) < 4.78 is 0. The van der Waals surface area contributed by atoms with E-state index in [1.165, 1.54) is 37.0 Å². The Kier molecular flexibility index (Phi) is 3.40. The normalized spacial score (nSPS) is 30.8. The van der Waals surface area contributed by atoms with Crippen LogP contribution in [0.1, 0.15) is 51.9 Å². The number of carbonyl (C=O) groups is 1. The maximum absolute atomic E-state index is 12.0. The fraction of sp³-hybridized carbons (Fsp3) is 0.846. The van der Waals surface area contributed by atoms with Crippen molar-refractivity contribution in [3.05, 3.63) is 0 Å². The highest BCUT2D eigenvalue weighted by Crippen LogP contribution is 2.31. The van der Waals surface area contributed by atoms with Gasteiger partial charge in [0.15, 0.2) is 5.96 Å². The average Bonchev–Trinajstić information content (AvgIpc) is 2.53. The molecule has 1 heterocycles. The van der Waals surface area contributed by atoms with E-state index in [0.29, 0.717) is 0 Å². The van der Waals surface area contributed by atoms with E-state index in [9.17, 15) is 4.79 Å². The number of rotatable bonds is 3. The van der Waals surface area contributed by atoms with Gasteiger partial charge in [-0.3, -0.25) is 15.1 Å². The van der Waals surface area contributed by atoms with Crippen molar-refractivity contribution in [2.75, 3.05) is 7.05 Å².